The fourth-order valence-electron chi connectivity index (χ4n) is 3.35. The fourth-order valence-corrected chi connectivity index (χ4v) is 3.48. The third kappa shape index (κ3) is 4.10. The summed E-state index contributed by atoms with van der Waals surface area (Å²) in [7, 11) is 0. The van der Waals surface area contributed by atoms with Crippen molar-refractivity contribution in [3.8, 4) is 22.6 Å². The zero-order valence-corrected chi connectivity index (χ0v) is 16.1. The maximum atomic E-state index is 6.05. The first-order chi connectivity index (χ1) is 13.1. The van der Waals surface area contributed by atoms with Crippen molar-refractivity contribution in [1.29, 1.82) is 0 Å². The molecule has 2 unspecified atom stereocenters. The molecule has 2 atom stereocenters. The number of hydrogen-bond acceptors (Lipinski definition) is 5. The van der Waals surface area contributed by atoms with E-state index in [1.807, 2.05) is 42.5 Å². The molecule has 0 aliphatic carbocycles. The summed E-state index contributed by atoms with van der Waals surface area (Å²) in [4.78, 5) is 16.1. The Morgan fingerprint density at radius 1 is 1.00 bits per heavy atom. The van der Waals surface area contributed by atoms with Gasteiger partial charge in [-0.05, 0) is 38.1 Å². The van der Waals surface area contributed by atoms with Gasteiger partial charge in [-0.15, -0.1) is 0 Å². The maximum absolute atomic E-state index is 6.05. The zero-order valence-electron chi connectivity index (χ0n) is 15.3. The van der Waals surface area contributed by atoms with Gasteiger partial charge in [0.25, 0.3) is 0 Å². The Hall–Kier alpha value is -2.50. The average Bonchev–Trinajstić information content (AvgIpc) is 2.68. The first-order valence-corrected chi connectivity index (χ1v) is 9.42. The number of ether oxygens (including phenoxy) is 1. The predicted molar refractivity (Wildman–Crippen MR) is 108 cm³/mol. The second-order valence-electron chi connectivity index (χ2n) is 6.85. The van der Waals surface area contributed by atoms with E-state index < -0.39 is 0 Å². The Morgan fingerprint density at radius 3 is 2.41 bits per heavy atom. The molecule has 0 N–H and O–H groups in total. The first kappa shape index (κ1) is 17.9. The Kier molecular flexibility index (Phi) is 5.05. The molecule has 6 heteroatoms. The summed E-state index contributed by atoms with van der Waals surface area (Å²) >= 11 is 6.05. The van der Waals surface area contributed by atoms with Crippen molar-refractivity contribution in [2.45, 2.75) is 26.1 Å². The molecule has 0 bridgehead atoms. The largest absolute Gasteiger partial charge is 0.372 e. The summed E-state index contributed by atoms with van der Waals surface area (Å²) in [5.41, 5.74) is 2.76. The molecule has 4 rings (SSSR count). The van der Waals surface area contributed by atoms with Gasteiger partial charge in [0.1, 0.15) is 5.82 Å². The fraction of sp³-hybridized carbons (Fsp3) is 0.286. The van der Waals surface area contributed by atoms with E-state index in [9.17, 15) is 0 Å². The lowest BCUT2D eigenvalue weighted by molar-refractivity contribution is -0.00545. The second kappa shape index (κ2) is 7.62. The number of nitrogens with zero attached hydrogens (tertiary/aromatic N) is 4. The average molecular weight is 381 g/mol. The van der Waals surface area contributed by atoms with E-state index in [-0.39, 0.29) is 12.2 Å². The second-order valence-corrected chi connectivity index (χ2v) is 7.28. The molecule has 1 saturated heterocycles. The normalized spacial score (nSPS) is 19.9. The van der Waals surface area contributed by atoms with Crippen LogP contribution in [0.5, 0.6) is 0 Å². The monoisotopic (exact) mass is 380 g/mol. The van der Waals surface area contributed by atoms with Gasteiger partial charge in [-0.25, -0.2) is 9.97 Å². The van der Waals surface area contributed by atoms with Crippen LogP contribution < -0.4 is 4.90 Å². The standard InChI is InChI=1S/C21H21ClN4O/c1-14-12-26(13-15(2)27-14)20-10-19(16-5-7-18(22)8-6-16)24-21(25-20)17-4-3-9-23-11-17/h3-11,14-15H,12-13H2,1-2H3. The van der Waals surface area contributed by atoms with Gasteiger partial charge in [-0.3, -0.25) is 4.98 Å². The summed E-state index contributed by atoms with van der Waals surface area (Å²) in [6.45, 7) is 5.78. The van der Waals surface area contributed by atoms with E-state index in [0.29, 0.717) is 10.8 Å². The molecule has 3 aromatic rings. The summed E-state index contributed by atoms with van der Waals surface area (Å²) in [6.07, 6.45) is 3.85. The van der Waals surface area contributed by atoms with Crippen molar-refractivity contribution in [3.05, 3.63) is 59.9 Å². The van der Waals surface area contributed by atoms with E-state index in [0.717, 1.165) is 35.7 Å². The molecule has 5 nitrogen and oxygen atoms in total. The Bertz CT molecular complexity index is 907. The molecule has 1 fully saturated rings. The smallest absolute Gasteiger partial charge is 0.163 e. The minimum absolute atomic E-state index is 0.157. The number of anilines is 1. The van der Waals surface area contributed by atoms with Gasteiger partial charge in [-0.2, -0.15) is 0 Å². The minimum Gasteiger partial charge on any atom is -0.372 e. The van der Waals surface area contributed by atoms with Crippen LogP contribution in [-0.4, -0.2) is 40.2 Å². The van der Waals surface area contributed by atoms with Crippen LogP contribution >= 0.6 is 11.6 Å². The summed E-state index contributed by atoms with van der Waals surface area (Å²) in [5.74, 6) is 1.56. The Morgan fingerprint density at radius 2 is 1.74 bits per heavy atom. The number of hydrogen-bond donors (Lipinski definition) is 0. The molecule has 1 aromatic carbocycles. The molecule has 1 aliphatic rings. The van der Waals surface area contributed by atoms with Gasteiger partial charge < -0.3 is 9.64 Å². The number of rotatable bonds is 3. The number of pyridine rings is 1. The zero-order chi connectivity index (χ0) is 18.8. The molecular weight excluding hydrogens is 360 g/mol. The van der Waals surface area contributed by atoms with E-state index in [2.05, 4.69) is 23.7 Å². The van der Waals surface area contributed by atoms with E-state index >= 15 is 0 Å². The minimum atomic E-state index is 0.157. The topological polar surface area (TPSA) is 51.1 Å². The Balaban J connectivity index is 1.80. The lowest BCUT2D eigenvalue weighted by Crippen LogP contribution is -2.45. The maximum Gasteiger partial charge on any atom is 0.163 e. The summed E-state index contributed by atoms with van der Waals surface area (Å²) in [5, 5.41) is 0.705. The van der Waals surface area contributed by atoms with Crippen molar-refractivity contribution in [2.24, 2.45) is 0 Å². The molecular formula is C21H21ClN4O. The van der Waals surface area contributed by atoms with Crippen molar-refractivity contribution < 1.29 is 4.74 Å². The number of aromatic nitrogens is 3. The van der Waals surface area contributed by atoms with Gasteiger partial charge in [0, 0.05) is 47.7 Å². The molecule has 2 aromatic heterocycles. The van der Waals surface area contributed by atoms with E-state index in [1.165, 1.54) is 0 Å². The van der Waals surface area contributed by atoms with Gasteiger partial charge in [-0.1, -0.05) is 23.7 Å². The third-order valence-corrected chi connectivity index (χ3v) is 4.77. The van der Waals surface area contributed by atoms with Gasteiger partial charge in [0.05, 0.1) is 17.9 Å². The first-order valence-electron chi connectivity index (χ1n) is 9.04. The molecule has 3 heterocycles. The van der Waals surface area contributed by atoms with Crippen LogP contribution in [0, 0.1) is 0 Å². The molecule has 27 heavy (non-hydrogen) atoms. The third-order valence-electron chi connectivity index (χ3n) is 4.52. The van der Waals surface area contributed by atoms with Crippen molar-refractivity contribution in [3.63, 3.8) is 0 Å². The number of benzene rings is 1. The molecule has 1 aliphatic heterocycles. The van der Waals surface area contributed by atoms with Crippen LogP contribution in [0.25, 0.3) is 22.6 Å². The van der Waals surface area contributed by atoms with Crippen molar-refractivity contribution in [1.82, 2.24) is 15.0 Å². The van der Waals surface area contributed by atoms with E-state index in [4.69, 9.17) is 26.3 Å². The highest BCUT2D eigenvalue weighted by Crippen LogP contribution is 2.28. The highest BCUT2D eigenvalue weighted by molar-refractivity contribution is 6.30. The molecule has 138 valence electrons. The van der Waals surface area contributed by atoms with E-state index in [1.54, 1.807) is 12.4 Å². The Labute approximate surface area is 164 Å². The van der Waals surface area contributed by atoms with Gasteiger partial charge >= 0.3 is 0 Å². The number of morpholine rings is 1. The highest BCUT2D eigenvalue weighted by atomic mass is 35.5. The van der Waals surface area contributed by atoms with Gasteiger partial charge in [0.15, 0.2) is 5.82 Å². The lowest BCUT2D eigenvalue weighted by atomic mass is 10.1. The van der Waals surface area contributed by atoms with Crippen LogP contribution in [0.3, 0.4) is 0 Å². The summed E-state index contributed by atoms with van der Waals surface area (Å²) in [6, 6.07) is 13.6. The quantitative estimate of drug-likeness (QED) is 0.670. The van der Waals surface area contributed by atoms with Crippen molar-refractivity contribution >= 4 is 17.4 Å². The highest BCUT2D eigenvalue weighted by Gasteiger charge is 2.24. The van der Waals surface area contributed by atoms with Crippen LogP contribution in [0.15, 0.2) is 54.9 Å². The number of halogens is 1. The van der Waals surface area contributed by atoms with Crippen LogP contribution in [0.4, 0.5) is 5.82 Å². The predicted octanol–water partition coefficient (Wildman–Crippen LogP) is 4.47. The molecule has 0 saturated carbocycles. The molecule has 0 radical (unpaired) electrons. The van der Waals surface area contributed by atoms with Crippen molar-refractivity contribution in [2.75, 3.05) is 18.0 Å². The molecule has 0 spiro atoms. The van der Waals surface area contributed by atoms with Crippen LogP contribution in [0.2, 0.25) is 5.02 Å². The van der Waals surface area contributed by atoms with Crippen LogP contribution in [-0.2, 0) is 4.74 Å². The lowest BCUT2D eigenvalue weighted by Gasteiger charge is -2.36. The SMILES string of the molecule is CC1CN(c2cc(-c3ccc(Cl)cc3)nc(-c3cccnc3)n2)CC(C)O1. The summed E-state index contributed by atoms with van der Waals surface area (Å²) < 4.78 is 5.87. The molecule has 0 amide bonds. The van der Waals surface area contributed by atoms with Gasteiger partial charge in [0.2, 0.25) is 0 Å². The van der Waals surface area contributed by atoms with Crippen LogP contribution in [0.1, 0.15) is 13.8 Å².